The number of halogens is 1. The van der Waals surface area contributed by atoms with E-state index in [2.05, 4.69) is 11.8 Å². The van der Waals surface area contributed by atoms with Gasteiger partial charge < -0.3 is 10.5 Å². The molecule has 1 saturated heterocycles. The molecule has 5 heteroatoms. The van der Waals surface area contributed by atoms with E-state index in [1.54, 1.807) is 12.1 Å². The topological polar surface area (TPSA) is 38.5 Å². The lowest BCUT2D eigenvalue weighted by Gasteiger charge is -2.36. The minimum absolute atomic E-state index is 0.0868. The van der Waals surface area contributed by atoms with E-state index in [0.717, 1.165) is 24.4 Å². The highest BCUT2D eigenvalue weighted by Crippen LogP contribution is 2.29. The molecule has 1 aliphatic rings. The molecule has 0 aromatic heterocycles. The molecule has 2 N–H and O–H groups in total. The molecule has 19 heavy (non-hydrogen) atoms. The molecule has 1 aromatic rings. The van der Waals surface area contributed by atoms with Gasteiger partial charge in [-0.1, -0.05) is 13.0 Å². The van der Waals surface area contributed by atoms with Crippen molar-refractivity contribution in [2.24, 2.45) is 5.73 Å². The molecule has 0 amide bonds. The first kappa shape index (κ1) is 14.6. The van der Waals surface area contributed by atoms with Gasteiger partial charge in [-0.3, -0.25) is 4.90 Å². The predicted octanol–water partition coefficient (Wildman–Crippen LogP) is 2.27. The Balaban J connectivity index is 2.19. The Labute approximate surface area is 118 Å². The zero-order valence-corrected chi connectivity index (χ0v) is 12.3. The Bertz CT molecular complexity index is 430. The normalized spacial score (nSPS) is 22.2. The van der Waals surface area contributed by atoms with Gasteiger partial charge in [-0.15, -0.1) is 0 Å². The highest BCUT2D eigenvalue weighted by atomic mass is 32.2. The Morgan fingerprint density at radius 2 is 2.37 bits per heavy atom. The molecule has 2 unspecified atom stereocenters. The van der Waals surface area contributed by atoms with Crippen molar-refractivity contribution in [1.82, 2.24) is 4.90 Å². The molecule has 0 radical (unpaired) electrons. The van der Waals surface area contributed by atoms with Crippen molar-refractivity contribution in [1.29, 1.82) is 0 Å². The first-order valence-electron chi connectivity index (χ1n) is 6.55. The predicted molar refractivity (Wildman–Crippen MR) is 78.2 cm³/mol. The molecule has 1 aromatic carbocycles. The van der Waals surface area contributed by atoms with Crippen molar-refractivity contribution in [2.75, 3.05) is 32.5 Å². The maximum atomic E-state index is 13.8. The van der Waals surface area contributed by atoms with Gasteiger partial charge in [0.1, 0.15) is 0 Å². The van der Waals surface area contributed by atoms with Crippen molar-refractivity contribution in [3.05, 3.63) is 29.6 Å². The van der Waals surface area contributed by atoms with Gasteiger partial charge in [0.2, 0.25) is 0 Å². The van der Waals surface area contributed by atoms with Crippen LogP contribution >= 0.6 is 11.8 Å². The molecule has 1 fully saturated rings. The molecule has 2 rings (SSSR count). The number of benzene rings is 1. The van der Waals surface area contributed by atoms with Crippen LogP contribution in [0.15, 0.2) is 18.2 Å². The van der Waals surface area contributed by atoms with Crippen LogP contribution in [0.2, 0.25) is 0 Å². The SMILES string of the molecule is COc1ccc(C(CN)N2CCSC(C)C2)cc1F. The average molecular weight is 284 g/mol. The Morgan fingerprint density at radius 1 is 1.58 bits per heavy atom. The first-order chi connectivity index (χ1) is 9.15. The van der Waals surface area contributed by atoms with Gasteiger partial charge in [0, 0.05) is 36.7 Å². The smallest absolute Gasteiger partial charge is 0.165 e. The third-order valence-electron chi connectivity index (χ3n) is 3.50. The van der Waals surface area contributed by atoms with Crippen LogP contribution in [-0.2, 0) is 0 Å². The van der Waals surface area contributed by atoms with E-state index in [1.165, 1.54) is 7.11 Å². The Kier molecular flexibility index (Phi) is 5.07. The zero-order valence-electron chi connectivity index (χ0n) is 11.4. The van der Waals surface area contributed by atoms with Crippen LogP contribution in [0.1, 0.15) is 18.5 Å². The van der Waals surface area contributed by atoms with Gasteiger partial charge in [-0.2, -0.15) is 11.8 Å². The number of nitrogens with two attached hydrogens (primary N) is 1. The number of hydrogen-bond donors (Lipinski definition) is 1. The van der Waals surface area contributed by atoms with Crippen LogP contribution in [0, 0.1) is 5.82 Å². The van der Waals surface area contributed by atoms with E-state index in [9.17, 15) is 4.39 Å². The molecule has 0 aliphatic carbocycles. The van der Waals surface area contributed by atoms with Crippen LogP contribution in [0.25, 0.3) is 0 Å². The quantitative estimate of drug-likeness (QED) is 0.920. The fraction of sp³-hybridized carbons (Fsp3) is 0.571. The minimum Gasteiger partial charge on any atom is -0.494 e. The van der Waals surface area contributed by atoms with Crippen molar-refractivity contribution in [2.45, 2.75) is 18.2 Å². The van der Waals surface area contributed by atoms with E-state index in [0.29, 0.717) is 11.8 Å². The fourth-order valence-corrected chi connectivity index (χ4v) is 3.55. The van der Waals surface area contributed by atoms with Gasteiger partial charge in [0.05, 0.1) is 7.11 Å². The highest BCUT2D eigenvalue weighted by Gasteiger charge is 2.25. The fourth-order valence-electron chi connectivity index (χ4n) is 2.51. The second-order valence-corrected chi connectivity index (χ2v) is 6.37. The average Bonchev–Trinajstić information content (AvgIpc) is 2.40. The monoisotopic (exact) mass is 284 g/mol. The van der Waals surface area contributed by atoms with Crippen molar-refractivity contribution in [3.63, 3.8) is 0 Å². The first-order valence-corrected chi connectivity index (χ1v) is 7.59. The molecule has 0 spiro atoms. The van der Waals surface area contributed by atoms with E-state index >= 15 is 0 Å². The number of thioether (sulfide) groups is 1. The van der Waals surface area contributed by atoms with Gasteiger partial charge in [-0.05, 0) is 17.7 Å². The van der Waals surface area contributed by atoms with Gasteiger partial charge in [-0.25, -0.2) is 4.39 Å². The van der Waals surface area contributed by atoms with Crippen LogP contribution in [0.5, 0.6) is 5.75 Å². The Morgan fingerprint density at radius 3 is 2.95 bits per heavy atom. The summed E-state index contributed by atoms with van der Waals surface area (Å²) in [6.07, 6.45) is 0. The van der Waals surface area contributed by atoms with Crippen molar-refractivity contribution >= 4 is 11.8 Å². The van der Waals surface area contributed by atoms with Gasteiger partial charge in [0.25, 0.3) is 0 Å². The maximum absolute atomic E-state index is 13.8. The zero-order chi connectivity index (χ0) is 13.8. The summed E-state index contributed by atoms with van der Waals surface area (Å²) in [6, 6.07) is 5.22. The summed E-state index contributed by atoms with van der Waals surface area (Å²) in [4.78, 5) is 2.35. The van der Waals surface area contributed by atoms with Gasteiger partial charge in [0.15, 0.2) is 11.6 Å². The Hall–Kier alpha value is -0.780. The van der Waals surface area contributed by atoms with Crippen molar-refractivity contribution < 1.29 is 9.13 Å². The van der Waals surface area contributed by atoms with E-state index in [1.807, 2.05) is 17.8 Å². The number of nitrogens with zero attached hydrogens (tertiary/aromatic N) is 1. The van der Waals surface area contributed by atoms with Gasteiger partial charge >= 0.3 is 0 Å². The summed E-state index contributed by atoms with van der Waals surface area (Å²) in [5.74, 6) is 1.07. The van der Waals surface area contributed by atoms with E-state index < -0.39 is 0 Å². The molecular formula is C14H21FN2OS. The van der Waals surface area contributed by atoms with Crippen LogP contribution < -0.4 is 10.5 Å². The molecular weight excluding hydrogens is 263 g/mol. The van der Waals surface area contributed by atoms with Crippen LogP contribution in [-0.4, -0.2) is 42.6 Å². The molecule has 0 bridgehead atoms. The van der Waals surface area contributed by atoms with E-state index in [4.69, 9.17) is 10.5 Å². The molecule has 3 nitrogen and oxygen atoms in total. The number of methoxy groups -OCH3 is 1. The second kappa shape index (κ2) is 6.59. The summed E-state index contributed by atoms with van der Waals surface area (Å²) in [5, 5.41) is 0.603. The summed E-state index contributed by atoms with van der Waals surface area (Å²) >= 11 is 1.98. The molecule has 1 aliphatic heterocycles. The molecule has 106 valence electrons. The second-order valence-electron chi connectivity index (χ2n) is 4.82. The highest BCUT2D eigenvalue weighted by molar-refractivity contribution is 7.99. The lowest BCUT2D eigenvalue weighted by molar-refractivity contribution is 0.210. The lowest BCUT2D eigenvalue weighted by atomic mass is 10.0. The minimum atomic E-state index is -0.321. The third-order valence-corrected chi connectivity index (χ3v) is 4.63. The standard InChI is InChI=1S/C14H21FN2OS/c1-10-9-17(5-6-19-10)13(8-16)11-3-4-14(18-2)12(15)7-11/h3-4,7,10,13H,5-6,8-9,16H2,1-2H3. The lowest BCUT2D eigenvalue weighted by Crippen LogP contribution is -2.42. The van der Waals surface area contributed by atoms with Crippen LogP contribution in [0.3, 0.4) is 0 Å². The maximum Gasteiger partial charge on any atom is 0.165 e. The largest absolute Gasteiger partial charge is 0.494 e. The third kappa shape index (κ3) is 3.41. The molecule has 0 saturated carbocycles. The summed E-state index contributed by atoms with van der Waals surface area (Å²) in [5.41, 5.74) is 6.83. The molecule has 1 heterocycles. The summed E-state index contributed by atoms with van der Waals surface area (Å²) in [7, 11) is 1.47. The van der Waals surface area contributed by atoms with Crippen LogP contribution in [0.4, 0.5) is 4.39 Å². The molecule has 2 atom stereocenters. The number of hydrogen-bond acceptors (Lipinski definition) is 4. The summed E-state index contributed by atoms with van der Waals surface area (Å²) < 4.78 is 18.8. The van der Waals surface area contributed by atoms with Crippen molar-refractivity contribution in [3.8, 4) is 5.75 Å². The number of ether oxygens (including phenoxy) is 1. The number of rotatable bonds is 4. The van der Waals surface area contributed by atoms with E-state index in [-0.39, 0.29) is 17.6 Å². The summed E-state index contributed by atoms with van der Waals surface area (Å²) in [6.45, 7) is 4.73.